The van der Waals surface area contributed by atoms with E-state index in [9.17, 15) is 0 Å². The molecule has 1 aromatic rings. The Morgan fingerprint density at radius 3 is 2.90 bits per heavy atom. The van der Waals surface area contributed by atoms with Crippen molar-refractivity contribution in [3.63, 3.8) is 0 Å². The van der Waals surface area contributed by atoms with E-state index >= 15 is 0 Å². The minimum Gasteiger partial charge on any atom is -0.374 e. The molecule has 2 unspecified atom stereocenters. The van der Waals surface area contributed by atoms with E-state index in [-0.39, 0.29) is 0 Å². The van der Waals surface area contributed by atoms with E-state index in [0.29, 0.717) is 18.5 Å². The lowest BCUT2D eigenvalue weighted by Gasteiger charge is -2.26. The molecule has 1 heterocycles. The van der Waals surface area contributed by atoms with E-state index in [1.54, 1.807) is 0 Å². The van der Waals surface area contributed by atoms with Crippen molar-refractivity contribution >= 4 is 17.6 Å². The Kier molecular flexibility index (Phi) is 6.77. The largest absolute Gasteiger partial charge is 0.374 e. The fourth-order valence-electron chi connectivity index (χ4n) is 2.72. The van der Waals surface area contributed by atoms with Gasteiger partial charge in [-0.1, -0.05) is 19.8 Å². The summed E-state index contributed by atoms with van der Waals surface area (Å²) < 4.78 is 5.45. The molecule has 0 amide bonds. The summed E-state index contributed by atoms with van der Waals surface area (Å²) in [5.74, 6) is 2.53. The number of ether oxygens (including phenoxy) is 1. The van der Waals surface area contributed by atoms with Crippen LogP contribution in [0.3, 0.4) is 0 Å². The summed E-state index contributed by atoms with van der Waals surface area (Å²) in [6.07, 6.45) is 5.32. The van der Waals surface area contributed by atoms with Crippen LogP contribution in [0.2, 0.25) is 0 Å². The van der Waals surface area contributed by atoms with Gasteiger partial charge in [0.25, 0.3) is 0 Å². The highest BCUT2D eigenvalue weighted by Gasteiger charge is 2.20. The summed E-state index contributed by atoms with van der Waals surface area (Å²) in [5.41, 5.74) is 0. The van der Waals surface area contributed by atoms with Crippen molar-refractivity contribution in [3.8, 4) is 0 Å². The molecule has 2 rings (SSSR count). The monoisotopic (exact) mass is 309 g/mol. The Labute approximate surface area is 132 Å². The predicted molar refractivity (Wildman–Crippen MR) is 88.8 cm³/mol. The predicted octanol–water partition coefficient (Wildman–Crippen LogP) is 4.12. The SMILES string of the molecule is CCNc1cc(SC2CCCC(C)C2)nc(COCC)n1. The molecule has 0 aromatic carbocycles. The summed E-state index contributed by atoms with van der Waals surface area (Å²) in [4.78, 5) is 9.17. The molecule has 5 heteroatoms. The third-order valence-corrected chi connectivity index (χ3v) is 4.93. The van der Waals surface area contributed by atoms with Gasteiger partial charge in [0.1, 0.15) is 17.5 Å². The minimum absolute atomic E-state index is 0.490. The van der Waals surface area contributed by atoms with Crippen LogP contribution in [0.15, 0.2) is 11.1 Å². The van der Waals surface area contributed by atoms with Gasteiger partial charge in [0, 0.05) is 24.5 Å². The molecule has 1 aliphatic carbocycles. The average molecular weight is 309 g/mol. The highest BCUT2D eigenvalue weighted by Crippen LogP contribution is 2.35. The molecule has 118 valence electrons. The lowest BCUT2D eigenvalue weighted by Crippen LogP contribution is -2.15. The van der Waals surface area contributed by atoms with Crippen LogP contribution >= 0.6 is 11.8 Å². The maximum atomic E-state index is 5.45. The van der Waals surface area contributed by atoms with Gasteiger partial charge in [-0.3, -0.25) is 0 Å². The van der Waals surface area contributed by atoms with E-state index in [1.807, 2.05) is 18.7 Å². The van der Waals surface area contributed by atoms with Crippen molar-refractivity contribution in [2.24, 2.45) is 5.92 Å². The van der Waals surface area contributed by atoms with Gasteiger partial charge in [0.05, 0.1) is 0 Å². The zero-order chi connectivity index (χ0) is 15.1. The van der Waals surface area contributed by atoms with Crippen LogP contribution in [-0.4, -0.2) is 28.4 Å². The van der Waals surface area contributed by atoms with Gasteiger partial charge in [-0.15, -0.1) is 11.8 Å². The average Bonchev–Trinajstić information content (AvgIpc) is 2.45. The Hall–Kier alpha value is -0.810. The molecule has 0 spiro atoms. The van der Waals surface area contributed by atoms with E-state index in [0.717, 1.165) is 29.1 Å². The Bertz CT molecular complexity index is 442. The highest BCUT2D eigenvalue weighted by atomic mass is 32.2. The Balaban J connectivity index is 2.06. The normalized spacial score (nSPS) is 22.2. The summed E-state index contributed by atoms with van der Waals surface area (Å²) in [6.45, 7) is 8.49. The number of hydrogen-bond acceptors (Lipinski definition) is 5. The molecule has 0 bridgehead atoms. The molecule has 2 atom stereocenters. The summed E-state index contributed by atoms with van der Waals surface area (Å²) in [5, 5.41) is 5.06. The fourth-order valence-corrected chi connectivity index (χ4v) is 4.11. The van der Waals surface area contributed by atoms with E-state index < -0.39 is 0 Å². The van der Waals surface area contributed by atoms with Gasteiger partial charge in [-0.25, -0.2) is 9.97 Å². The first kappa shape index (κ1) is 16.6. The zero-order valence-corrected chi connectivity index (χ0v) is 14.2. The first-order valence-electron chi connectivity index (χ1n) is 8.07. The van der Waals surface area contributed by atoms with Crippen molar-refractivity contribution in [3.05, 3.63) is 11.9 Å². The van der Waals surface area contributed by atoms with Crippen LogP contribution in [0.1, 0.15) is 52.3 Å². The maximum Gasteiger partial charge on any atom is 0.157 e. The molecule has 4 nitrogen and oxygen atoms in total. The molecule has 1 aromatic heterocycles. The van der Waals surface area contributed by atoms with E-state index in [1.165, 1.54) is 25.7 Å². The number of hydrogen-bond donors (Lipinski definition) is 1. The van der Waals surface area contributed by atoms with Crippen LogP contribution in [0.25, 0.3) is 0 Å². The second-order valence-electron chi connectivity index (χ2n) is 5.69. The number of nitrogens with zero attached hydrogens (tertiary/aromatic N) is 2. The molecule has 1 N–H and O–H groups in total. The van der Waals surface area contributed by atoms with E-state index in [2.05, 4.69) is 35.2 Å². The van der Waals surface area contributed by atoms with Gasteiger partial charge < -0.3 is 10.1 Å². The van der Waals surface area contributed by atoms with E-state index in [4.69, 9.17) is 4.74 Å². The molecular weight excluding hydrogens is 282 g/mol. The van der Waals surface area contributed by atoms with Crippen molar-refractivity contribution < 1.29 is 4.74 Å². The second-order valence-corrected chi connectivity index (χ2v) is 7.01. The molecule has 21 heavy (non-hydrogen) atoms. The van der Waals surface area contributed by atoms with Crippen LogP contribution in [0.4, 0.5) is 5.82 Å². The number of aromatic nitrogens is 2. The zero-order valence-electron chi connectivity index (χ0n) is 13.4. The van der Waals surface area contributed by atoms with Gasteiger partial charge >= 0.3 is 0 Å². The maximum absolute atomic E-state index is 5.45. The van der Waals surface area contributed by atoms with Crippen LogP contribution in [-0.2, 0) is 11.3 Å². The van der Waals surface area contributed by atoms with Gasteiger partial charge in [-0.2, -0.15) is 0 Å². The summed E-state index contributed by atoms with van der Waals surface area (Å²) in [7, 11) is 0. The fraction of sp³-hybridized carbons (Fsp3) is 0.750. The number of nitrogens with one attached hydrogen (secondary N) is 1. The quantitative estimate of drug-likeness (QED) is 0.768. The highest BCUT2D eigenvalue weighted by molar-refractivity contribution is 7.99. The van der Waals surface area contributed by atoms with Crippen LogP contribution in [0.5, 0.6) is 0 Å². The topological polar surface area (TPSA) is 47.0 Å². The number of thioether (sulfide) groups is 1. The van der Waals surface area contributed by atoms with Crippen molar-refractivity contribution in [1.29, 1.82) is 0 Å². The number of rotatable bonds is 7. The van der Waals surface area contributed by atoms with Gasteiger partial charge in [-0.05, 0) is 32.6 Å². The smallest absolute Gasteiger partial charge is 0.157 e. The van der Waals surface area contributed by atoms with Crippen LogP contribution < -0.4 is 5.32 Å². The van der Waals surface area contributed by atoms with Crippen molar-refractivity contribution in [2.45, 2.75) is 63.3 Å². The summed E-state index contributed by atoms with van der Waals surface area (Å²) >= 11 is 1.91. The van der Waals surface area contributed by atoms with Crippen molar-refractivity contribution in [1.82, 2.24) is 9.97 Å². The third-order valence-electron chi connectivity index (χ3n) is 3.72. The second kappa shape index (κ2) is 8.59. The standard InChI is InChI=1S/C16H27N3OS/c1-4-17-14-10-16(19-15(18-14)11-20-5-2)21-13-8-6-7-12(3)9-13/h10,12-13H,4-9,11H2,1-3H3,(H,17,18,19). The first-order chi connectivity index (χ1) is 10.2. The Morgan fingerprint density at radius 1 is 1.33 bits per heavy atom. The molecule has 0 saturated heterocycles. The minimum atomic E-state index is 0.490. The number of anilines is 1. The summed E-state index contributed by atoms with van der Waals surface area (Å²) in [6, 6.07) is 2.07. The molecule has 0 aliphatic heterocycles. The molecule has 0 radical (unpaired) electrons. The molecule has 1 fully saturated rings. The van der Waals surface area contributed by atoms with Gasteiger partial charge in [0.15, 0.2) is 5.82 Å². The molecule has 1 saturated carbocycles. The van der Waals surface area contributed by atoms with Crippen molar-refractivity contribution in [2.75, 3.05) is 18.5 Å². The molecule has 1 aliphatic rings. The van der Waals surface area contributed by atoms with Gasteiger partial charge in [0.2, 0.25) is 0 Å². The first-order valence-corrected chi connectivity index (χ1v) is 8.95. The lowest BCUT2D eigenvalue weighted by molar-refractivity contribution is 0.128. The molecular formula is C16H27N3OS. The lowest BCUT2D eigenvalue weighted by atomic mass is 9.91. The van der Waals surface area contributed by atoms with Crippen LogP contribution in [0, 0.1) is 5.92 Å². The Morgan fingerprint density at radius 2 is 2.19 bits per heavy atom. The third kappa shape index (κ3) is 5.47.